The number of rotatable bonds is 1. The fourth-order valence-corrected chi connectivity index (χ4v) is 1.29. The molecular formula is C9H12N3+. The summed E-state index contributed by atoms with van der Waals surface area (Å²) in [6.45, 7) is 2.00. The van der Waals surface area contributed by atoms with Crippen LogP contribution in [0.3, 0.4) is 0 Å². The van der Waals surface area contributed by atoms with Crippen LogP contribution in [0.5, 0.6) is 0 Å². The SMILES string of the molecule is C[N+]1=NN(c2ccccc2)CC1. The van der Waals surface area contributed by atoms with E-state index in [9.17, 15) is 0 Å². The smallest absolute Gasteiger partial charge is 0.153 e. The summed E-state index contributed by atoms with van der Waals surface area (Å²) in [4.78, 5) is 0. The molecule has 2 rings (SSSR count). The van der Waals surface area contributed by atoms with E-state index < -0.39 is 0 Å². The molecule has 0 aliphatic carbocycles. The summed E-state index contributed by atoms with van der Waals surface area (Å²) in [5.74, 6) is 0. The van der Waals surface area contributed by atoms with E-state index in [1.165, 1.54) is 5.69 Å². The molecule has 1 aliphatic rings. The lowest BCUT2D eigenvalue weighted by Gasteiger charge is -2.01. The summed E-state index contributed by atoms with van der Waals surface area (Å²) < 4.78 is 1.95. The average molecular weight is 162 g/mol. The minimum atomic E-state index is 0.987. The Morgan fingerprint density at radius 2 is 2.08 bits per heavy atom. The van der Waals surface area contributed by atoms with Crippen molar-refractivity contribution in [2.75, 3.05) is 25.1 Å². The summed E-state index contributed by atoms with van der Waals surface area (Å²) in [6, 6.07) is 10.2. The van der Waals surface area contributed by atoms with Gasteiger partial charge in [-0.15, -0.1) is 5.01 Å². The van der Waals surface area contributed by atoms with Crippen molar-refractivity contribution in [1.29, 1.82) is 0 Å². The van der Waals surface area contributed by atoms with Crippen LogP contribution in [0.1, 0.15) is 0 Å². The Morgan fingerprint density at radius 1 is 1.33 bits per heavy atom. The molecule has 3 nitrogen and oxygen atoms in total. The van der Waals surface area contributed by atoms with E-state index >= 15 is 0 Å². The van der Waals surface area contributed by atoms with Crippen LogP contribution >= 0.6 is 0 Å². The highest BCUT2D eigenvalue weighted by Gasteiger charge is 2.19. The number of likely N-dealkylation sites (N-methyl/N-ethyl adjacent to an activating group) is 1. The number of hydrogen-bond acceptors (Lipinski definition) is 2. The van der Waals surface area contributed by atoms with Crippen LogP contribution in [0.2, 0.25) is 0 Å². The van der Waals surface area contributed by atoms with Gasteiger partial charge in [0.15, 0.2) is 6.54 Å². The quantitative estimate of drug-likeness (QED) is 0.573. The van der Waals surface area contributed by atoms with E-state index in [0.29, 0.717) is 0 Å². The lowest BCUT2D eigenvalue weighted by Crippen LogP contribution is -2.13. The summed E-state index contributed by atoms with van der Waals surface area (Å²) >= 11 is 0. The van der Waals surface area contributed by atoms with Crippen LogP contribution in [0.25, 0.3) is 0 Å². The molecule has 12 heavy (non-hydrogen) atoms. The largest absolute Gasteiger partial charge is 0.168 e. The van der Waals surface area contributed by atoms with Crippen molar-refractivity contribution in [3.8, 4) is 0 Å². The molecule has 1 aromatic rings. The first-order valence-electron chi connectivity index (χ1n) is 4.11. The van der Waals surface area contributed by atoms with Crippen molar-refractivity contribution >= 4 is 5.69 Å². The highest BCUT2D eigenvalue weighted by molar-refractivity contribution is 5.44. The van der Waals surface area contributed by atoms with Crippen molar-refractivity contribution < 1.29 is 4.70 Å². The molecule has 3 heteroatoms. The Bertz CT molecular complexity index is 292. The second kappa shape index (κ2) is 2.93. The zero-order valence-electron chi connectivity index (χ0n) is 7.14. The van der Waals surface area contributed by atoms with Gasteiger partial charge in [0.1, 0.15) is 12.2 Å². The molecule has 0 amide bonds. The standard InChI is InChI=1S/C9H12N3/c1-11-7-8-12(10-11)9-5-3-2-4-6-9/h2-6H,7-8H2,1H3/q+1. The lowest BCUT2D eigenvalue weighted by atomic mass is 10.3. The Hall–Kier alpha value is -1.38. The molecule has 0 fully saturated rings. The third kappa shape index (κ3) is 1.30. The average Bonchev–Trinajstić information content (AvgIpc) is 2.54. The Morgan fingerprint density at radius 3 is 2.67 bits per heavy atom. The molecule has 1 heterocycles. The topological polar surface area (TPSA) is 18.6 Å². The van der Waals surface area contributed by atoms with E-state index in [4.69, 9.17) is 0 Å². The minimum absolute atomic E-state index is 0.987. The first-order valence-corrected chi connectivity index (χ1v) is 4.11. The third-order valence-corrected chi connectivity index (χ3v) is 1.95. The zero-order chi connectivity index (χ0) is 8.39. The van der Waals surface area contributed by atoms with Crippen molar-refractivity contribution in [2.45, 2.75) is 0 Å². The lowest BCUT2D eigenvalue weighted by molar-refractivity contribution is -0.550. The first kappa shape index (κ1) is 7.28. The van der Waals surface area contributed by atoms with E-state index in [-0.39, 0.29) is 0 Å². The van der Waals surface area contributed by atoms with Gasteiger partial charge in [0.05, 0.1) is 12.3 Å². The molecule has 1 aromatic carbocycles. The molecular weight excluding hydrogens is 150 g/mol. The second-order valence-electron chi connectivity index (χ2n) is 2.93. The molecule has 0 N–H and O–H groups in total. The molecule has 0 saturated heterocycles. The van der Waals surface area contributed by atoms with E-state index in [2.05, 4.69) is 17.4 Å². The van der Waals surface area contributed by atoms with Gasteiger partial charge in [-0.25, -0.2) is 0 Å². The Labute approximate surface area is 71.9 Å². The Balaban J connectivity index is 2.22. The molecule has 0 spiro atoms. The van der Waals surface area contributed by atoms with Gasteiger partial charge in [-0.3, -0.25) is 0 Å². The molecule has 0 saturated carbocycles. The van der Waals surface area contributed by atoms with Gasteiger partial charge in [-0.2, -0.15) is 4.70 Å². The van der Waals surface area contributed by atoms with E-state index in [0.717, 1.165) is 13.1 Å². The predicted octanol–water partition coefficient (Wildman–Crippen LogP) is 1.52. The van der Waals surface area contributed by atoms with Crippen molar-refractivity contribution in [1.82, 2.24) is 0 Å². The number of nitrogens with zero attached hydrogens (tertiary/aromatic N) is 3. The normalized spacial score (nSPS) is 16.4. The van der Waals surface area contributed by atoms with Gasteiger partial charge in [-0.1, -0.05) is 18.2 Å². The fraction of sp³-hybridized carbons (Fsp3) is 0.333. The van der Waals surface area contributed by atoms with Gasteiger partial charge >= 0.3 is 0 Å². The van der Waals surface area contributed by atoms with Crippen LogP contribution in [0.4, 0.5) is 5.69 Å². The number of hydrogen-bond donors (Lipinski definition) is 0. The van der Waals surface area contributed by atoms with E-state index in [1.54, 1.807) is 0 Å². The van der Waals surface area contributed by atoms with Gasteiger partial charge in [0.25, 0.3) is 0 Å². The summed E-state index contributed by atoms with van der Waals surface area (Å²) in [5.41, 5.74) is 1.17. The minimum Gasteiger partial charge on any atom is -0.168 e. The molecule has 0 atom stereocenters. The highest BCUT2D eigenvalue weighted by Crippen LogP contribution is 2.15. The Kier molecular flexibility index (Phi) is 1.78. The molecule has 0 radical (unpaired) electrons. The fourth-order valence-electron chi connectivity index (χ4n) is 1.29. The van der Waals surface area contributed by atoms with Crippen molar-refractivity contribution in [3.63, 3.8) is 0 Å². The van der Waals surface area contributed by atoms with Gasteiger partial charge in [0.2, 0.25) is 0 Å². The van der Waals surface area contributed by atoms with Gasteiger partial charge in [-0.05, 0) is 12.1 Å². The highest BCUT2D eigenvalue weighted by atomic mass is 15.6. The monoisotopic (exact) mass is 162 g/mol. The van der Waals surface area contributed by atoms with Crippen LogP contribution < -0.4 is 5.01 Å². The molecule has 0 bridgehead atoms. The number of para-hydroxylation sites is 1. The van der Waals surface area contributed by atoms with Crippen LogP contribution in [-0.4, -0.2) is 24.8 Å². The maximum atomic E-state index is 4.33. The van der Waals surface area contributed by atoms with E-state index in [1.807, 2.05) is 35.0 Å². The summed E-state index contributed by atoms with van der Waals surface area (Å²) in [5, 5.41) is 6.34. The van der Waals surface area contributed by atoms with Crippen LogP contribution in [-0.2, 0) is 0 Å². The molecule has 0 aromatic heterocycles. The van der Waals surface area contributed by atoms with Gasteiger partial charge in [0, 0.05) is 0 Å². The van der Waals surface area contributed by atoms with Crippen molar-refractivity contribution in [3.05, 3.63) is 30.3 Å². The predicted molar refractivity (Wildman–Crippen MR) is 47.3 cm³/mol. The third-order valence-electron chi connectivity index (χ3n) is 1.95. The summed E-state index contributed by atoms with van der Waals surface area (Å²) in [7, 11) is 1.99. The maximum absolute atomic E-state index is 4.33. The maximum Gasteiger partial charge on any atom is 0.153 e. The molecule has 0 unspecified atom stereocenters. The number of anilines is 1. The second-order valence-corrected chi connectivity index (χ2v) is 2.93. The van der Waals surface area contributed by atoms with Crippen LogP contribution in [0, 0.1) is 0 Å². The van der Waals surface area contributed by atoms with Crippen LogP contribution in [0.15, 0.2) is 35.6 Å². The first-order chi connectivity index (χ1) is 5.86. The zero-order valence-corrected chi connectivity index (χ0v) is 7.14. The van der Waals surface area contributed by atoms with Crippen molar-refractivity contribution in [2.24, 2.45) is 5.22 Å². The summed E-state index contributed by atoms with van der Waals surface area (Å²) in [6.07, 6.45) is 0. The molecule has 62 valence electrons. The number of benzene rings is 1. The molecule has 1 aliphatic heterocycles. The van der Waals surface area contributed by atoms with Gasteiger partial charge < -0.3 is 0 Å².